The van der Waals surface area contributed by atoms with Gasteiger partial charge in [0, 0.05) is 44.4 Å². The number of likely N-dealkylation sites (N-methyl/N-ethyl adjacent to an activating group) is 1. The lowest BCUT2D eigenvalue weighted by atomic mass is 10.3. The van der Waals surface area contributed by atoms with Gasteiger partial charge in [0.1, 0.15) is 0 Å². The lowest BCUT2D eigenvalue weighted by molar-refractivity contribution is -0.136. The van der Waals surface area contributed by atoms with E-state index in [4.69, 9.17) is 0 Å². The summed E-state index contributed by atoms with van der Waals surface area (Å²) in [7, 11) is 1.89. The van der Waals surface area contributed by atoms with Crippen LogP contribution in [0, 0.1) is 0 Å². The van der Waals surface area contributed by atoms with E-state index in [0.717, 1.165) is 19.5 Å². The standard InChI is InChI=1S/C13H20N4O3/c1-14-10-5-8-16(9-10)13(20)15-6-2-7-17-11(18)3-4-12(17)19/h3-4,10,14H,2,5-9H2,1H3,(H,15,20)/t10-/m1/s1. The van der Waals surface area contributed by atoms with Crippen LogP contribution in [-0.4, -0.2) is 66.9 Å². The summed E-state index contributed by atoms with van der Waals surface area (Å²) in [5.41, 5.74) is 0. The molecule has 0 aromatic rings. The van der Waals surface area contributed by atoms with E-state index >= 15 is 0 Å². The molecule has 4 amide bonds. The van der Waals surface area contributed by atoms with Crippen molar-refractivity contribution in [3.63, 3.8) is 0 Å². The van der Waals surface area contributed by atoms with Crippen LogP contribution in [0.5, 0.6) is 0 Å². The Kier molecular flexibility index (Phi) is 4.73. The highest BCUT2D eigenvalue weighted by atomic mass is 16.2. The van der Waals surface area contributed by atoms with Gasteiger partial charge in [-0.3, -0.25) is 14.5 Å². The molecule has 7 nitrogen and oxygen atoms in total. The van der Waals surface area contributed by atoms with Gasteiger partial charge in [-0.25, -0.2) is 4.79 Å². The van der Waals surface area contributed by atoms with E-state index in [1.54, 1.807) is 4.90 Å². The predicted octanol–water partition coefficient (Wildman–Crippen LogP) is -0.695. The highest BCUT2D eigenvalue weighted by Crippen LogP contribution is 2.08. The first-order valence-corrected chi connectivity index (χ1v) is 6.85. The fourth-order valence-corrected chi connectivity index (χ4v) is 2.38. The average Bonchev–Trinajstić information content (AvgIpc) is 3.03. The molecule has 2 aliphatic rings. The van der Waals surface area contributed by atoms with E-state index in [-0.39, 0.29) is 17.8 Å². The van der Waals surface area contributed by atoms with Crippen LogP contribution in [0.4, 0.5) is 4.79 Å². The monoisotopic (exact) mass is 280 g/mol. The Morgan fingerprint density at radius 1 is 1.35 bits per heavy atom. The first-order chi connectivity index (χ1) is 9.61. The van der Waals surface area contributed by atoms with Crippen LogP contribution in [0.15, 0.2) is 12.2 Å². The van der Waals surface area contributed by atoms with Gasteiger partial charge in [-0.2, -0.15) is 0 Å². The Hall–Kier alpha value is -1.89. The average molecular weight is 280 g/mol. The number of carbonyl (C=O) groups is 3. The number of imide groups is 1. The molecule has 2 heterocycles. The van der Waals surface area contributed by atoms with Crippen LogP contribution < -0.4 is 10.6 Å². The number of likely N-dealkylation sites (tertiary alicyclic amines) is 1. The second-order valence-corrected chi connectivity index (χ2v) is 4.97. The number of nitrogens with one attached hydrogen (secondary N) is 2. The van der Waals surface area contributed by atoms with Gasteiger partial charge < -0.3 is 15.5 Å². The molecule has 0 bridgehead atoms. The van der Waals surface area contributed by atoms with Crippen LogP contribution in [-0.2, 0) is 9.59 Å². The van der Waals surface area contributed by atoms with Crippen molar-refractivity contribution in [3.8, 4) is 0 Å². The molecule has 2 N–H and O–H groups in total. The number of hydrogen-bond acceptors (Lipinski definition) is 4. The summed E-state index contributed by atoms with van der Waals surface area (Å²) < 4.78 is 0. The van der Waals surface area contributed by atoms with Crippen LogP contribution in [0.3, 0.4) is 0 Å². The molecule has 2 rings (SSSR count). The number of carbonyl (C=O) groups excluding carboxylic acids is 3. The number of urea groups is 1. The first-order valence-electron chi connectivity index (χ1n) is 6.85. The zero-order chi connectivity index (χ0) is 14.5. The molecule has 2 aliphatic heterocycles. The summed E-state index contributed by atoms with van der Waals surface area (Å²) in [5.74, 6) is -0.560. The van der Waals surface area contributed by atoms with Gasteiger partial charge in [0.2, 0.25) is 0 Å². The third kappa shape index (κ3) is 3.36. The fourth-order valence-electron chi connectivity index (χ4n) is 2.38. The van der Waals surface area contributed by atoms with Crippen LogP contribution in [0.2, 0.25) is 0 Å². The van der Waals surface area contributed by atoms with Gasteiger partial charge in [-0.1, -0.05) is 0 Å². The quantitative estimate of drug-likeness (QED) is 0.516. The van der Waals surface area contributed by atoms with E-state index < -0.39 is 0 Å². The zero-order valence-corrected chi connectivity index (χ0v) is 11.6. The van der Waals surface area contributed by atoms with Crippen molar-refractivity contribution in [2.24, 2.45) is 0 Å². The van der Waals surface area contributed by atoms with Crippen molar-refractivity contribution in [3.05, 3.63) is 12.2 Å². The Morgan fingerprint density at radius 3 is 2.65 bits per heavy atom. The van der Waals surface area contributed by atoms with Crippen molar-refractivity contribution < 1.29 is 14.4 Å². The topological polar surface area (TPSA) is 81.8 Å². The fraction of sp³-hybridized carbons (Fsp3) is 0.615. The van der Waals surface area contributed by atoms with E-state index in [1.165, 1.54) is 17.1 Å². The zero-order valence-electron chi connectivity index (χ0n) is 11.6. The summed E-state index contributed by atoms with van der Waals surface area (Å²) in [6.07, 6.45) is 4.06. The highest BCUT2D eigenvalue weighted by molar-refractivity contribution is 6.12. The first kappa shape index (κ1) is 14.5. The molecule has 1 atom stereocenters. The molecule has 1 saturated heterocycles. The van der Waals surface area contributed by atoms with Crippen LogP contribution >= 0.6 is 0 Å². The smallest absolute Gasteiger partial charge is 0.317 e. The van der Waals surface area contributed by atoms with E-state index in [0.29, 0.717) is 25.6 Å². The molecule has 0 radical (unpaired) electrons. The Morgan fingerprint density at radius 2 is 2.05 bits per heavy atom. The molecule has 0 saturated carbocycles. The summed E-state index contributed by atoms with van der Waals surface area (Å²) in [5, 5.41) is 5.96. The number of amides is 4. The maximum atomic E-state index is 11.9. The van der Waals surface area contributed by atoms with E-state index in [9.17, 15) is 14.4 Å². The molecular weight excluding hydrogens is 260 g/mol. The Labute approximate surface area is 118 Å². The van der Waals surface area contributed by atoms with Gasteiger partial charge in [0.15, 0.2) is 0 Å². The summed E-state index contributed by atoms with van der Waals surface area (Å²) in [6.45, 7) is 2.26. The lowest BCUT2D eigenvalue weighted by Gasteiger charge is -2.18. The SMILES string of the molecule is CN[C@@H]1CCN(C(=O)NCCCN2C(=O)C=CC2=O)C1. The van der Waals surface area contributed by atoms with Crippen molar-refractivity contribution >= 4 is 17.8 Å². The molecule has 7 heteroatoms. The third-order valence-corrected chi connectivity index (χ3v) is 3.62. The predicted molar refractivity (Wildman–Crippen MR) is 72.9 cm³/mol. The molecule has 0 aliphatic carbocycles. The third-order valence-electron chi connectivity index (χ3n) is 3.62. The molecule has 1 fully saturated rings. The van der Waals surface area contributed by atoms with E-state index in [1.807, 2.05) is 7.05 Å². The second kappa shape index (κ2) is 6.51. The van der Waals surface area contributed by atoms with Crippen molar-refractivity contribution in [2.45, 2.75) is 18.9 Å². The van der Waals surface area contributed by atoms with Crippen molar-refractivity contribution in [1.82, 2.24) is 20.4 Å². The van der Waals surface area contributed by atoms with Crippen molar-refractivity contribution in [1.29, 1.82) is 0 Å². The Balaban J connectivity index is 1.63. The number of hydrogen-bond donors (Lipinski definition) is 2. The summed E-state index contributed by atoms with van der Waals surface area (Å²) in [4.78, 5) is 37.4. The van der Waals surface area contributed by atoms with Crippen LogP contribution in [0.25, 0.3) is 0 Å². The van der Waals surface area contributed by atoms with Gasteiger partial charge in [-0.05, 0) is 19.9 Å². The summed E-state index contributed by atoms with van der Waals surface area (Å²) >= 11 is 0. The number of nitrogens with zero attached hydrogens (tertiary/aromatic N) is 2. The van der Waals surface area contributed by atoms with Gasteiger partial charge in [0.05, 0.1) is 0 Å². The number of rotatable bonds is 5. The van der Waals surface area contributed by atoms with E-state index in [2.05, 4.69) is 10.6 Å². The molecule has 0 aromatic heterocycles. The minimum atomic E-state index is -0.280. The Bertz CT molecular complexity index is 417. The molecule has 0 aromatic carbocycles. The molecule has 0 spiro atoms. The van der Waals surface area contributed by atoms with Gasteiger partial charge in [-0.15, -0.1) is 0 Å². The normalized spacial score (nSPS) is 21.9. The minimum Gasteiger partial charge on any atom is -0.338 e. The molecular formula is C13H20N4O3. The van der Waals surface area contributed by atoms with Gasteiger partial charge >= 0.3 is 6.03 Å². The van der Waals surface area contributed by atoms with Crippen LogP contribution in [0.1, 0.15) is 12.8 Å². The minimum absolute atomic E-state index is 0.0834. The highest BCUT2D eigenvalue weighted by Gasteiger charge is 2.25. The molecule has 0 unspecified atom stereocenters. The van der Waals surface area contributed by atoms with Gasteiger partial charge in [0.25, 0.3) is 11.8 Å². The summed E-state index contributed by atoms with van der Waals surface area (Å²) in [6, 6.07) is 0.284. The lowest BCUT2D eigenvalue weighted by Crippen LogP contribution is -2.41. The largest absolute Gasteiger partial charge is 0.338 e. The second-order valence-electron chi connectivity index (χ2n) is 4.97. The molecule has 110 valence electrons. The molecule has 20 heavy (non-hydrogen) atoms. The maximum Gasteiger partial charge on any atom is 0.317 e. The maximum absolute atomic E-state index is 11.9. The van der Waals surface area contributed by atoms with Crippen molar-refractivity contribution in [2.75, 3.05) is 33.2 Å².